The van der Waals surface area contributed by atoms with Gasteiger partial charge in [0.25, 0.3) is 0 Å². The number of aromatic nitrogens is 1. The van der Waals surface area contributed by atoms with Crippen molar-refractivity contribution in [3.63, 3.8) is 0 Å². The van der Waals surface area contributed by atoms with E-state index in [4.69, 9.17) is 10.5 Å². The lowest BCUT2D eigenvalue weighted by atomic mass is 9.78. The van der Waals surface area contributed by atoms with Gasteiger partial charge in [-0.05, 0) is 48.2 Å². The summed E-state index contributed by atoms with van der Waals surface area (Å²) >= 11 is 0. The zero-order valence-electron chi connectivity index (χ0n) is 19.9. The van der Waals surface area contributed by atoms with E-state index in [9.17, 15) is 22.4 Å². The normalized spacial score (nSPS) is 15.4. The summed E-state index contributed by atoms with van der Waals surface area (Å²) in [6, 6.07) is 14.7. The van der Waals surface area contributed by atoms with Crippen LogP contribution in [0.15, 0.2) is 66.9 Å². The van der Waals surface area contributed by atoms with Gasteiger partial charge in [0.1, 0.15) is 5.82 Å². The molecule has 1 saturated carbocycles. The fraction of sp³-hybridized carbons (Fsp3) is 0.333. The molecule has 1 aliphatic carbocycles. The van der Waals surface area contributed by atoms with E-state index in [1.54, 1.807) is 36.4 Å². The van der Waals surface area contributed by atoms with E-state index in [1.807, 2.05) is 0 Å². The van der Waals surface area contributed by atoms with E-state index in [0.29, 0.717) is 24.1 Å². The van der Waals surface area contributed by atoms with Crippen LogP contribution in [0.2, 0.25) is 0 Å². The number of nitrogens with two attached hydrogens (primary N) is 1. The van der Waals surface area contributed by atoms with E-state index < -0.39 is 23.1 Å². The molecule has 1 unspecified atom stereocenters. The molecule has 3 N–H and O–H groups in total. The zero-order valence-corrected chi connectivity index (χ0v) is 19.9. The summed E-state index contributed by atoms with van der Waals surface area (Å²) in [5.41, 5.74) is 3.93. The van der Waals surface area contributed by atoms with E-state index in [1.165, 1.54) is 45.1 Å². The van der Waals surface area contributed by atoms with Gasteiger partial charge in [-0.1, -0.05) is 43.2 Å². The Kier molecular flexibility index (Phi) is 9.03. The second-order valence-electron chi connectivity index (χ2n) is 8.69. The van der Waals surface area contributed by atoms with E-state index in [2.05, 4.69) is 10.3 Å². The van der Waals surface area contributed by atoms with Crippen LogP contribution >= 0.6 is 0 Å². The number of benzene rings is 2. The molecule has 0 saturated heterocycles. The van der Waals surface area contributed by atoms with Gasteiger partial charge in [-0.15, -0.1) is 0 Å². The Labute approximate surface area is 207 Å². The van der Waals surface area contributed by atoms with Crippen LogP contribution < -0.4 is 15.8 Å². The molecular weight excluding hydrogens is 474 g/mol. The maximum Gasteiger partial charge on any atom is 0.416 e. The van der Waals surface area contributed by atoms with Crippen molar-refractivity contribution in [1.29, 1.82) is 0 Å². The van der Waals surface area contributed by atoms with Crippen LogP contribution in [0.5, 0.6) is 5.88 Å². The molecular formula is C27H29F4N3O2. The fourth-order valence-corrected chi connectivity index (χ4v) is 4.30. The molecule has 192 valence electrons. The molecule has 5 nitrogen and oxygen atoms in total. The lowest BCUT2D eigenvalue weighted by molar-refractivity contribution is -0.137. The highest BCUT2D eigenvalue weighted by molar-refractivity contribution is 5.55. The maximum atomic E-state index is 14.3. The third-order valence-corrected chi connectivity index (χ3v) is 6.17. The standard InChI is InChI=1S/C22H18F4N2O2.C5H11N/c1-30-20-8-7-16(13-27-20)21(28-14-29,12-15-5-3-2-4-6-15)17-9-18(22(24,25)26)11-19(23)10-17;6-5-3-1-2-4-5/h2-11,13-14H,12H2,1H3,(H,28,29);5H,1-4,6H2. The Bertz CT molecular complexity index is 1120. The summed E-state index contributed by atoms with van der Waals surface area (Å²) in [6.07, 6.45) is 2.33. The van der Waals surface area contributed by atoms with Crippen molar-refractivity contribution in [3.8, 4) is 5.88 Å². The van der Waals surface area contributed by atoms with Gasteiger partial charge in [0.2, 0.25) is 12.3 Å². The Morgan fingerprint density at radius 2 is 1.69 bits per heavy atom. The molecule has 0 radical (unpaired) electrons. The first-order valence-corrected chi connectivity index (χ1v) is 11.6. The molecule has 1 fully saturated rings. The first-order valence-electron chi connectivity index (χ1n) is 11.6. The van der Waals surface area contributed by atoms with Gasteiger partial charge in [-0.2, -0.15) is 13.2 Å². The summed E-state index contributed by atoms with van der Waals surface area (Å²) < 4.78 is 59.4. The number of carbonyl (C=O) groups excluding carboxylic acids is 1. The number of nitrogens with one attached hydrogen (secondary N) is 1. The van der Waals surface area contributed by atoms with Gasteiger partial charge >= 0.3 is 6.18 Å². The van der Waals surface area contributed by atoms with Gasteiger partial charge < -0.3 is 15.8 Å². The lowest BCUT2D eigenvalue weighted by Gasteiger charge is -2.35. The third-order valence-electron chi connectivity index (χ3n) is 6.17. The van der Waals surface area contributed by atoms with Crippen molar-refractivity contribution >= 4 is 6.41 Å². The molecule has 1 amide bonds. The predicted molar refractivity (Wildman–Crippen MR) is 129 cm³/mol. The smallest absolute Gasteiger partial charge is 0.416 e. The summed E-state index contributed by atoms with van der Waals surface area (Å²) in [5.74, 6) is -0.778. The van der Waals surface area contributed by atoms with E-state index in [-0.39, 0.29) is 17.9 Å². The van der Waals surface area contributed by atoms with Gasteiger partial charge in [0, 0.05) is 30.3 Å². The molecule has 0 spiro atoms. The van der Waals surface area contributed by atoms with Gasteiger partial charge in [0.05, 0.1) is 18.2 Å². The number of hydrogen-bond acceptors (Lipinski definition) is 4. The second-order valence-corrected chi connectivity index (χ2v) is 8.69. The van der Waals surface area contributed by atoms with Crippen LogP contribution in [-0.4, -0.2) is 24.5 Å². The van der Waals surface area contributed by atoms with Gasteiger partial charge in [-0.25, -0.2) is 9.37 Å². The quantitative estimate of drug-likeness (QED) is 0.336. The average molecular weight is 504 g/mol. The van der Waals surface area contributed by atoms with Crippen molar-refractivity contribution in [1.82, 2.24) is 10.3 Å². The molecule has 1 aromatic heterocycles. The number of ether oxygens (including phenoxy) is 1. The van der Waals surface area contributed by atoms with E-state index >= 15 is 0 Å². The topological polar surface area (TPSA) is 77.2 Å². The molecule has 0 bridgehead atoms. The number of hydrogen-bond donors (Lipinski definition) is 2. The van der Waals surface area contributed by atoms with Crippen molar-refractivity contribution in [2.45, 2.75) is 49.9 Å². The van der Waals surface area contributed by atoms with Crippen molar-refractivity contribution in [3.05, 3.63) is 94.9 Å². The Balaban J connectivity index is 0.000000526. The first kappa shape index (κ1) is 27.1. The van der Waals surface area contributed by atoms with Crippen LogP contribution in [0.25, 0.3) is 0 Å². The molecule has 1 heterocycles. The fourth-order valence-electron chi connectivity index (χ4n) is 4.30. The minimum atomic E-state index is -4.76. The van der Waals surface area contributed by atoms with Crippen LogP contribution in [0.1, 0.15) is 47.9 Å². The van der Waals surface area contributed by atoms with Crippen molar-refractivity contribution < 1.29 is 27.1 Å². The molecule has 36 heavy (non-hydrogen) atoms. The minimum absolute atomic E-state index is 0.0576. The Hall–Kier alpha value is -3.46. The van der Waals surface area contributed by atoms with Gasteiger partial charge in [-0.3, -0.25) is 4.79 Å². The SMILES string of the molecule is COc1ccc(C(Cc2ccccc2)(NC=O)c2cc(F)cc(C(F)(F)F)c2)cn1.NC1CCCC1. The van der Waals surface area contributed by atoms with Crippen LogP contribution in [-0.2, 0) is 22.9 Å². The highest BCUT2D eigenvalue weighted by Crippen LogP contribution is 2.38. The van der Waals surface area contributed by atoms with Crippen molar-refractivity contribution in [2.24, 2.45) is 5.73 Å². The zero-order chi connectivity index (χ0) is 26.2. The monoisotopic (exact) mass is 503 g/mol. The number of carbonyl (C=O) groups is 1. The largest absolute Gasteiger partial charge is 0.481 e. The molecule has 0 aliphatic heterocycles. The first-order chi connectivity index (χ1) is 17.2. The third kappa shape index (κ3) is 6.81. The highest BCUT2D eigenvalue weighted by atomic mass is 19.4. The average Bonchev–Trinajstić information content (AvgIpc) is 3.35. The number of nitrogens with zero attached hydrogens (tertiary/aromatic N) is 1. The van der Waals surface area contributed by atoms with Crippen LogP contribution in [0.4, 0.5) is 17.6 Å². The van der Waals surface area contributed by atoms with Crippen LogP contribution in [0.3, 0.4) is 0 Å². The summed E-state index contributed by atoms with van der Waals surface area (Å²) in [5, 5.41) is 2.63. The minimum Gasteiger partial charge on any atom is -0.481 e. The summed E-state index contributed by atoms with van der Waals surface area (Å²) in [4.78, 5) is 15.7. The highest BCUT2D eigenvalue weighted by Gasteiger charge is 2.38. The number of pyridine rings is 1. The predicted octanol–water partition coefficient (Wildman–Crippen LogP) is 5.37. The molecule has 3 aromatic rings. The second kappa shape index (κ2) is 12.0. The Morgan fingerprint density at radius 1 is 1.03 bits per heavy atom. The van der Waals surface area contributed by atoms with Crippen molar-refractivity contribution in [2.75, 3.05) is 7.11 Å². The number of methoxy groups -OCH3 is 1. The van der Waals surface area contributed by atoms with Gasteiger partial charge in [0.15, 0.2) is 0 Å². The van der Waals surface area contributed by atoms with E-state index in [0.717, 1.165) is 17.7 Å². The molecule has 1 aliphatic rings. The summed E-state index contributed by atoms with van der Waals surface area (Å²) in [6.45, 7) is 0. The molecule has 4 rings (SSSR count). The number of rotatable bonds is 7. The summed E-state index contributed by atoms with van der Waals surface area (Å²) in [7, 11) is 1.42. The molecule has 9 heteroatoms. The van der Waals surface area contributed by atoms with Crippen LogP contribution in [0, 0.1) is 5.82 Å². The molecule has 1 atom stereocenters. The number of alkyl halides is 3. The number of halogens is 4. The number of amides is 1. The Morgan fingerprint density at radius 3 is 2.19 bits per heavy atom. The lowest BCUT2D eigenvalue weighted by Crippen LogP contribution is -2.45. The molecule has 2 aromatic carbocycles. The maximum absolute atomic E-state index is 14.3.